The number of hydrogen-bond acceptors (Lipinski definition) is 6. The zero-order valence-corrected chi connectivity index (χ0v) is 20.1. The van der Waals surface area contributed by atoms with Gasteiger partial charge in [-0.05, 0) is 43.0 Å². The maximum Gasteiger partial charge on any atom is 0.227 e. The Balaban J connectivity index is 1.56. The maximum atomic E-state index is 6.40. The van der Waals surface area contributed by atoms with Crippen molar-refractivity contribution in [3.8, 4) is 11.3 Å². The van der Waals surface area contributed by atoms with Crippen molar-refractivity contribution >= 4 is 23.4 Å². The fraction of sp³-hybridized carbons (Fsp3) is 0.308. The van der Waals surface area contributed by atoms with Crippen molar-refractivity contribution in [2.24, 2.45) is 7.05 Å². The fourth-order valence-corrected chi connectivity index (χ4v) is 4.12. The van der Waals surface area contributed by atoms with Gasteiger partial charge < -0.3 is 25.4 Å². The number of nitrogens with one attached hydrogen (secondary N) is 1. The minimum Gasteiger partial charge on any atom is -0.398 e. The topological polar surface area (TPSA) is 75.2 Å². The number of fused-ring (bicyclic) bond motifs is 1. The molecule has 0 saturated carbocycles. The SMILES string of the molecule is Cc1cc(CN(C)/C=C/N(C)C)c(N)cc1Nc1nccc(-c2cn(C)c3c2C=CCC3)n1. The molecule has 0 bridgehead atoms. The number of benzene rings is 1. The van der Waals surface area contributed by atoms with Crippen LogP contribution in [-0.2, 0) is 20.0 Å². The van der Waals surface area contributed by atoms with Crippen LogP contribution in [0.2, 0.25) is 0 Å². The van der Waals surface area contributed by atoms with Crippen molar-refractivity contribution < 1.29 is 0 Å². The molecule has 0 fully saturated rings. The lowest BCUT2D eigenvalue weighted by atomic mass is 10.0. The summed E-state index contributed by atoms with van der Waals surface area (Å²) >= 11 is 0. The average molecular weight is 444 g/mol. The third-order valence-electron chi connectivity index (χ3n) is 5.89. The van der Waals surface area contributed by atoms with Crippen LogP contribution in [0, 0.1) is 6.92 Å². The summed E-state index contributed by atoms with van der Waals surface area (Å²) in [6.07, 6.45) is 14.6. The Hall–Kier alpha value is -3.74. The minimum atomic E-state index is 0.561. The molecule has 172 valence electrons. The molecular formula is C26H33N7. The highest BCUT2D eigenvalue weighted by atomic mass is 15.1. The van der Waals surface area contributed by atoms with Crippen LogP contribution in [0.5, 0.6) is 0 Å². The van der Waals surface area contributed by atoms with Gasteiger partial charge in [-0.15, -0.1) is 0 Å². The van der Waals surface area contributed by atoms with E-state index < -0.39 is 0 Å². The van der Waals surface area contributed by atoms with Crippen LogP contribution >= 0.6 is 0 Å². The molecule has 1 aliphatic rings. The van der Waals surface area contributed by atoms with Crippen molar-refractivity contribution in [1.82, 2.24) is 24.3 Å². The van der Waals surface area contributed by atoms with Gasteiger partial charge in [-0.2, -0.15) is 0 Å². The van der Waals surface area contributed by atoms with Crippen LogP contribution in [-0.4, -0.2) is 45.5 Å². The van der Waals surface area contributed by atoms with E-state index in [4.69, 9.17) is 10.7 Å². The third kappa shape index (κ3) is 5.03. The molecule has 0 radical (unpaired) electrons. The predicted molar refractivity (Wildman–Crippen MR) is 137 cm³/mol. The van der Waals surface area contributed by atoms with Crippen molar-refractivity contribution in [2.45, 2.75) is 26.3 Å². The lowest BCUT2D eigenvalue weighted by molar-refractivity contribution is 0.435. The molecule has 0 spiro atoms. The zero-order valence-electron chi connectivity index (χ0n) is 20.1. The standard InChI is InChI=1S/C26H33N7/c1-18-14-19(16-32(4)13-12-31(2)3)22(27)15-24(18)30-26-28-11-10-23(29-26)21-17-33(5)25-9-7-6-8-20(21)25/h6,8,10-15,17H,7,9,16,27H2,1-5H3,(H,28,29,30)/b13-12+. The number of rotatable bonds is 7. The molecule has 1 aromatic carbocycles. The van der Waals surface area contributed by atoms with E-state index >= 15 is 0 Å². The summed E-state index contributed by atoms with van der Waals surface area (Å²) in [7, 11) is 8.15. The molecule has 0 saturated heterocycles. The smallest absolute Gasteiger partial charge is 0.227 e. The third-order valence-corrected chi connectivity index (χ3v) is 5.89. The predicted octanol–water partition coefficient (Wildman–Crippen LogP) is 4.54. The highest BCUT2D eigenvalue weighted by Crippen LogP contribution is 2.32. The van der Waals surface area contributed by atoms with Gasteiger partial charge in [0.05, 0.1) is 5.69 Å². The molecular weight excluding hydrogens is 410 g/mol. The van der Waals surface area contributed by atoms with E-state index in [9.17, 15) is 0 Å². The number of nitrogen functional groups attached to an aromatic ring is 1. The first-order chi connectivity index (χ1) is 15.8. The van der Waals surface area contributed by atoms with Gasteiger partial charge in [0.2, 0.25) is 5.95 Å². The van der Waals surface area contributed by atoms with E-state index in [0.29, 0.717) is 5.95 Å². The van der Waals surface area contributed by atoms with Crippen LogP contribution in [0.3, 0.4) is 0 Å². The maximum absolute atomic E-state index is 6.40. The van der Waals surface area contributed by atoms with Gasteiger partial charge in [-0.25, -0.2) is 9.97 Å². The Morgan fingerprint density at radius 3 is 2.82 bits per heavy atom. The van der Waals surface area contributed by atoms with Crippen LogP contribution in [0.25, 0.3) is 17.3 Å². The first-order valence-corrected chi connectivity index (χ1v) is 11.2. The summed E-state index contributed by atoms with van der Waals surface area (Å²) in [6.45, 7) is 2.80. The monoisotopic (exact) mass is 443 g/mol. The van der Waals surface area contributed by atoms with E-state index in [1.165, 1.54) is 11.3 Å². The number of hydrogen-bond donors (Lipinski definition) is 2. The van der Waals surface area contributed by atoms with E-state index in [-0.39, 0.29) is 0 Å². The second-order valence-electron chi connectivity index (χ2n) is 8.89. The summed E-state index contributed by atoms with van der Waals surface area (Å²) in [6, 6.07) is 6.06. The molecule has 7 nitrogen and oxygen atoms in total. The first-order valence-electron chi connectivity index (χ1n) is 11.2. The molecule has 33 heavy (non-hydrogen) atoms. The van der Waals surface area contributed by atoms with E-state index in [1.807, 2.05) is 50.6 Å². The Labute approximate surface area is 196 Å². The molecule has 4 rings (SSSR count). The molecule has 0 aliphatic heterocycles. The summed E-state index contributed by atoms with van der Waals surface area (Å²) in [4.78, 5) is 13.4. The van der Waals surface area contributed by atoms with E-state index in [0.717, 1.165) is 53.1 Å². The number of anilines is 3. The largest absolute Gasteiger partial charge is 0.398 e. The highest BCUT2D eigenvalue weighted by molar-refractivity contribution is 5.76. The lowest BCUT2D eigenvalue weighted by Crippen LogP contribution is -2.14. The Bertz CT molecular complexity index is 1200. The number of nitrogens with zero attached hydrogens (tertiary/aromatic N) is 5. The summed E-state index contributed by atoms with van der Waals surface area (Å²) in [5.41, 5.74) is 14.9. The molecule has 2 heterocycles. The second-order valence-corrected chi connectivity index (χ2v) is 8.89. The van der Waals surface area contributed by atoms with Crippen molar-refractivity contribution in [3.05, 3.63) is 71.5 Å². The Morgan fingerprint density at radius 1 is 1.21 bits per heavy atom. The molecule has 0 atom stereocenters. The Kier molecular flexibility index (Phi) is 6.40. The van der Waals surface area contributed by atoms with Gasteiger partial charge >= 0.3 is 0 Å². The summed E-state index contributed by atoms with van der Waals surface area (Å²) in [5, 5.41) is 3.37. The van der Waals surface area contributed by atoms with Crippen LogP contribution < -0.4 is 11.1 Å². The molecule has 0 amide bonds. The fourth-order valence-electron chi connectivity index (χ4n) is 4.12. The quantitative estimate of drug-likeness (QED) is 0.522. The summed E-state index contributed by atoms with van der Waals surface area (Å²) in [5.74, 6) is 0.561. The molecule has 7 heteroatoms. The first kappa shape index (κ1) is 22.5. The molecule has 3 N–H and O–H groups in total. The van der Waals surface area contributed by atoms with Gasteiger partial charge in [0.1, 0.15) is 0 Å². The molecule has 0 unspecified atom stereocenters. The molecule has 1 aliphatic carbocycles. The van der Waals surface area contributed by atoms with Gasteiger partial charge in [-0.1, -0.05) is 18.2 Å². The van der Waals surface area contributed by atoms with Crippen molar-refractivity contribution in [3.63, 3.8) is 0 Å². The number of nitrogens with two attached hydrogens (primary N) is 1. The molecule has 2 aromatic heterocycles. The zero-order chi connectivity index (χ0) is 23.5. The number of aromatic nitrogens is 3. The van der Waals surface area contributed by atoms with Gasteiger partial charge in [0.15, 0.2) is 0 Å². The van der Waals surface area contributed by atoms with Crippen LogP contribution in [0.15, 0.2) is 49.1 Å². The van der Waals surface area contributed by atoms with Crippen molar-refractivity contribution in [1.29, 1.82) is 0 Å². The summed E-state index contributed by atoms with van der Waals surface area (Å²) < 4.78 is 2.21. The number of aryl methyl sites for hydroxylation is 2. The van der Waals surface area contributed by atoms with Crippen LogP contribution in [0.4, 0.5) is 17.3 Å². The van der Waals surface area contributed by atoms with Crippen LogP contribution in [0.1, 0.15) is 28.8 Å². The van der Waals surface area contributed by atoms with E-state index in [2.05, 4.69) is 58.2 Å². The van der Waals surface area contributed by atoms with Gasteiger partial charge in [0, 0.05) is 87.7 Å². The average Bonchev–Trinajstić information content (AvgIpc) is 3.13. The highest BCUT2D eigenvalue weighted by Gasteiger charge is 2.17. The molecule has 3 aromatic rings. The normalized spacial score (nSPS) is 12.8. The number of allylic oxidation sites excluding steroid dienone is 1. The lowest BCUT2D eigenvalue weighted by Gasteiger charge is -2.19. The van der Waals surface area contributed by atoms with Gasteiger partial charge in [0.25, 0.3) is 0 Å². The van der Waals surface area contributed by atoms with Gasteiger partial charge in [-0.3, -0.25) is 0 Å². The van der Waals surface area contributed by atoms with Crippen molar-refractivity contribution in [2.75, 3.05) is 32.2 Å². The minimum absolute atomic E-state index is 0.561. The second kappa shape index (κ2) is 9.40. The Morgan fingerprint density at radius 2 is 2.03 bits per heavy atom. The van der Waals surface area contributed by atoms with E-state index in [1.54, 1.807) is 6.20 Å².